The van der Waals surface area contributed by atoms with Crippen molar-refractivity contribution in [1.29, 1.82) is 0 Å². The van der Waals surface area contributed by atoms with E-state index < -0.39 is 0 Å². The van der Waals surface area contributed by atoms with Gasteiger partial charge in [-0.25, -0.2) is 0 Å². The van der Waals surface area contributed by atoms with Gasteiger partial charge in [-0.05, 0) is 56.3 Å². The quantitative estimate of drug-likeness (QED) is 0.762. The van der Waals surface area contributed by atoms with E-state index >= 15 is 0 Å². The highest BCUT2D eigenvalue weighted by Crippen LogP contribution is 2.58. The highest BCUT2D eigenvalue weighted by atomic mass is 16.5. The van der Waals surface area contributed by atoms with Crippen molar-refractivity contribution >= 4 is 5.97 Å². The summed E-state index contributed by atoms with van der Waals surface area (Å²) in [5.41, 5.74) is 0. The molecular weight excluding hydrogens is 226 g/mol. The van der Waals surface area contributed by atoms with Gasteiger partial charge in [-0.1, -0.05) is 6.42 Å². The van der Waals surface area contributed by atoms with E-state index in [1.807, 2.05) is 6.92 Å². The number of hydrogen-bond acceptors (Lipinski definition) is 3. The maximum absolute atomic E-state index is 11.3. The Labute approximate surface area is 110 Å². The van der Waals surface area contributed by atoms with Crippen molar-refractivity contribution < 1.29 is 9.53 Å². The number of esters is 1. The molecule has 0 spiro atoms. The van der Waals surface area contributed by atoms with Crippen LogP contribution in [0, 0.1) is 23.7 Å². The van der Waals surface area contributed by atoms with E-state index in [9.17, 15) is 4.79 Å². The van der Waals surface area contributed by atoms with Crippen LogP contribution in [0.5, 0.6) is 0 Å². The summed E-state index contributed by atoms with van der Waals surface area (Å²) in [4.78, 5) is 11.3. The summed E-state index contributed by atoms with van der Waals surface area (Å²) in [6.07, 6.45) is 7.73. The molecule has 3 saturated carbocycles. The normalized spacial score (nSPS) is 41.1. The summed E-state index contributed by atoms with van der Waals surface area (Å²) in [6.45, 7) is 3.16. The van der Waals surface area contributed by atoms with Gasteiger partial charge in [0.05, 0.1) is 13.0 Å². The van der Waals surface area contributed by atoms with Crippen molar-refractivity contribution in [3.05, 3.63) is 0 Å². The van der Waals surface area contributed by atoms with Gasteiger partial charge in [0.15, 0.2) is 0 Å². The molecule has 0 saturated heterocycles. The van der Waals surface area contributed by atoms with Gasteiger partial charge in [-0.3, -0.25) is 4.79 Å². The Hall–Kier alpha value is -0.570. The minimum atomic E-state index is -0.0631. The molecule has 5 atom stereocenters. The lowest BCUT2D eigenvalue weighted by Crippen LogP contribution is -2.40. The second kappa shape index (κ2) is 5.20. The van der Waals surface area contributed by atoms with Crippen molar-refractivity contribution in [2.75, 3.05) is 13.2 Å². The standard InChI is InChI=1S/C15H25NO2/c1-2-18-15(17)6-7-16-14-9-10-8-13(14)12-5-3-4-11(10)12/h10-14,16H,2-9H2,1H3. The first-order valence-electron chi connectivity index (χ1n) is 7.68. The lowest BCUT2D eigenvalue weighted by atomic mass is 9.79. The van der Waals surface area contributed by atoms with Crippen molar-refractivity contribution in [3.63, 3.8) is 0 Å². The Morgan fingerprint density at radius 3 is 2.89 bits per heavy atom. The predicted octanol–water partition coefficient (Wildman–Crippen LogP) is 2.35. The highest BCUT2D eigenvalue weighted by Gasteiger charge is 2.53. The van der Waals surface area contributed by atoms with E-state index in [0.29, 0.717) is 19.1 Å². The van der Waals surface area contributed by atoms with Gasteiger partial charge < -0.3 is 10.1 Å². The lowest BCUT2D eigenvalue weighted by Gasteiger charge is -2.32. The maximum Gasteiger partial charge on any atom is 0.307 e. The molecule has 1 N–H and O–H groups in total. The SMILES string of the molecule is CCOC(=O)CCNC1CC2CC1C1CCCC21. The summed E-state index contributed by atoms with van der Waals surface area (Å²) >= 11 is 0. The number of ether oxygens (including phenoxy) is 1. The molecule has 2 bridgehead atoms. The van der Waals surface area contributed by atoms with Gasteiger partial charge in [0, 0.05) is 12.6 Å². The Morgan fingerprint density at radius 2 is 2.06 bits per heavy atom. The number of carbonyl (C=O) groups is 1. The van der Waals surface area contributed by atoms with Crippen LogP contribution in [0.3, 0.4) is 0 Å². The van der Waals surface area contributed by atoms with Crippen molar-refractivity contribution in [2.45, 2.75) is 51.5 Å². The van der Waals surface area contributed by atoms with E-state index in [1.54, 1.807) is 0 Å². The van der Waals surface area contributed by atoms with Crippen LogP contribution in [0.1, 0.15) is 45.4 Å². The molecule has 0 amide bonds. The number of fused-ring (bicyclic) bond motifs is 5. The molecule has 3 fully saturated rings. The Kier molecular flexibility index (Phi) is 3.60. The lowest BCUT2D eigenvalue weighted by molar-refractivity contribution is -0.143. The fourth-order valence-electron chi connectivity index (χ4n) is 4.90. The zero-order chi connectivity index (χ0) is 12.5. The van der Waals surface area contributed by atoms with Crippen LogP contribution < -0.4 is 5.32 Å². The molecule has 0 aromatic heterocycles. The largest absolute Gasteiger partial charge is 0.466 e. The summed E-state index contributed by atoms with van der Waals surface area (Å²) < 4.78 is 4.96. The Balaban J connectivity index is 1.44. The summed E-state index contributed by atoms with van der Waals surface area (Å²) in [7, 11) is 0. The highest BCUT2D eigenvalue weighted by molar-refractivity contribution is 5.69. The molecule has 3 heteroatoms. The molecule has 0 radical (unpaired) electrons. The van der Waals surface area contributed by atoms with Gasteiger partial charge in [0.25, 0.3) is 0 Å². The number of rotatable bonds is 5. The zero-order valence-electron chi connectivity index (χ0n) is 11.4. The molecule has 0 aliphatic heterocycles. The molecule has 102 valence electrons. The third kappa shape index (κ3) is 2.18. The fraction of sp³-hybridized carbons (Fsp3) is 0.933. The van der Waals surface area contributed by atoms with Crippen molar-refractivity contribution in [2.24, 2.45) is 23.7 Å². The molecule has 3 rings (SSSR count). The molecule has 0 aromatic rings. The fourth-order valence-corrected chi connectivity index (χ4v) is 4.90. The summed E-state index contributed by atoms with van der Waals surface area (Å²) in [5, 5.41) is 3.61. The third-order valence-corrected chi connectivity index (χ3v) is 5.47. The Bertz CT molecular complexity index is 318. The number of hydrogen-bond donors (Lipinski definition) is 1. The van der Waals surface area contributed by atoms with Crippen molar-refractivity contribution in [1.82, 2.24) is 5.32 Å². The second-order valence-corrected chi connectivity index (χ2v) is 6.27. The van der Waals surface area contributed by atoms with Gasteiger partial charge in [-0.15, -0.1) is 0 Å². The molecule has 0 aromatic carbocycles. The van der Waals surface area contributed by atoms with Crippen LogP contribution in [0.15, 0.2) is 0 Å². The molecule has 3 aliphatic rings. The van der Waals surface area contributed by atoms with Gasteiger partial charge in [-0.2, -0.15) is 0 Å². The van der Waals surface area contributed by atoms with E-state index in [4.69, 9.17) is 4.74 Å². The van der Waals surface area contributed by atoms with Crippen LogP contribution in [0.4, 0.5) is 0 Å². The van der Waals surface area contributed by atoms with E-state index in [0.717, 1.165) is 30.2 Å². The molecule has 0 heterocycles. The number of carbonyl (C=O) groups excluding carboxylic acids is 1. The summed E-state index contributed by atoms with van der Waals surface area (Å²) in [5.74, 6) is 3.89. The van der Waals surface area contributed by atoms with E-state index in [2.05, 4.69) is 5.32 Å². The molecule has 3 nitrogen and oxygen atoms in total. The zero-order valence-corrected chi connectivity index (χ0v) is 11.4. The molecule has 5 unspecified atom stereocenters. The van der Waals surface area contributed by atoms with Crippen LogP contribution >= 0.6 is 0 Å². The average molecular weight is 251 g/mol. The topological polar surface area (TPSA) is 38.3 Å². The predicted molar refractivity (Wildman–Crippen MR) is 70.1 cm³/mol. The van der Waals surface area contributed by atoms with Crippen LogP contribution in [-0.4, -0.2) is 25.2 Å². The molecular formula is C15H25NO2. The first kappa shape index (κ1) is 12.5. The second-order valence-electron chi connectivity index (χ2n) is 6.27. The first-order valence-corrected chi connectivity index (χ1v) is 7.68. The van der Waals surface area contributed by atoms with Crippen LogP contribution in [0.2, 0.25) is 0 Å². The van der Waals surface area contributed by atoms with Gasteiger partial charge >= 0.3 is 5.97 Å². The van der Waals surface area contributed by atoms with Crippen LogP contribution in [-0.2, 0) is 9.53 Å². The summed E-state index contributed by atoms with van der Waals surface area (Å²) in [6, 6.07) is 0.684. The average Bonchev–Trinajstić information content (AvgIpc) is 3.00. The van der Waals surface area contributed by atoms with E-state index in [-0.39, 0.29) is 5.97 Å². The number of nitrogens with one attached hydrogen (secondary N) is 1. The first-order chi connectivity index (χ1) is 8.79. The molecule has 3 aliphatic carbocycles. The van der Waals surface area contributed by atoms with Gasteiger partial charge in [0.1, 0.15) is 0 Å². The van der Waals surface area contributed by atoms with E-state index in [1.165, 1.54) is 32.1 Å². The Morgan fingerprint density at radius 1 is 1.22 bits per heavy atom. The third-order valence-electron chi connectivity index (χ3n) is 5.47. The van der Waals surface area contributed by atoms with Crippen LogP contribution in [0.25, 0.3) is 0 Å². The minimum Gasteiger partial charge on any atom is -0.466 e. The van der Waals surface area contributed by atoms with Crippen molar-refractivity contribution in [3.8, 4) is 0 Å². The smallest absolute Gasteiger partial charge is 0.307 e. The monoisotopic (exact) mass is 251 g/mol. The maximum atomic E-state index is 11.3. The minimum absolute atomic E-state index is 0.0631. The molecule has 18 heavy (non-hydrogen) atoms. The van der Waals surface area contributed by atoms with Gasteiger partial charge in [0.2, 0.25) is 0 Å².